The van der Waals surface area contributed by atoms with Gasteiger partial charge in [-0.2, -0.15) is 0 Å². The maximum atomic E-state index is 11.3. The number of carboxylic acid groups (broad SMARTS) is 1. The van der Waals surface area contributed by atoms with Gasteiger partial charge in [-0.3, -0.25) is 9.69 Å². The molecule has 5 heteroatoms. The van der Waals surface area contributed by atoms with Crippen molar-refractivity contribution in [3.8, 4) is 0 Å². The monoisotopic (exact) mass is 274 g/mol. The van der Waals surface area contributed by atoms with E-state index in [2.05, 4.69) is 28.4 Å². The van der Waals surface area contributed by atoms with Crippen molar-refractivity contribution in [2.24, 2.45) is 0 Å². The van der Waals surface area contributed by atoms with Crippen molar-refractivity contribution < 1.29 is 14.7 Å². The van der Waals surface area contributed by atoms with Crippen LogP contribution in [-0.2, 0) is 22.6 Å². The van der Waals surface area contributed by atoms with Crippen molar-refractivity contribution in [3.05, 3.63) is 47.5 Å². The summed E-state index contributed by atoms with van der Waals surface area (Å²) in [5, 5.41) is 11.1. The fraction of sp³-hybridized carbons (Fsp3) is 0.333. The number of carboxylic acids is 1. The first-order valence-electron chi connectivity index (χ1n) is 6.63. The van der Waals surface area contributed by atoms with Crippen molar-refractivity contribution in [2.45, 2.75) is 13.0 Å². The van der Waals surface area contributed by atoms with Gasteiger partial charge in [0.05, 0.1) is 0 Å². The highest BCUT2D eigenvalue weighted by Crippen LogP contribution is 2.17. The number of carbonyl (C=O) groups excluding carboxylic acids is 1. The third-order valence-corrected chi connectivity index (χ3v) is 3.31. The molecule has 20 heavy (non-hydrogen) atoms. The van der Waals surface area contributed by atoms with Crippen LogP contribution in [0, 0.1) is 0 Å². The Balaban J connectivity index is 1.74. The van der Waals surface area contributed by atoms with Gasteiger partial charge in [0.2, 0.25) is 5.91 Å². The third kappa shape index (κ3) is 4.20. The van der Waals surface area contributed by atoms with E-state index in [1.165, 1.54) is 11.1 Å². The molecule has 1 heterocycles. The number of aliphatic carboxylic acids is 1. The van der Waals surface area contributed by atoms with Gasteiger partial charge in [-0.15, -0.1) is 0 Å². The maximum absolute atomic E-state index is 11.3. The molecular formula is C15H18N2O3. The second-order valence-electron chi connectivity index (χ2n) is 4.76. The predicted octanol–water partition coefficient (Wildman–Crippen LogP) is 0.802. The third-order valence-electron chi connectivity index (χ3n) is 3.31. The summed E-state index contributed by atoms with van der Waals surface area (Å²) in [4.78, 5) is 23.9. The number of benzene rings is 1. The topological polar surface area (TPSA) is 69.6 Å². The van der Waals surface area contributed by atoms with Crippen molar-refractivity contribution >= 4 is 11.9 Å². The molecule has 106 valence electrons. The molecule has 0 fully saturated rings. The molecule has 0 aromatic heterocycles. The Kier molecular flexibility index (Phi) is 4.90. The number of rotatable bonds is 5. The summed E-state index contributed by atoms with van der Waals surface area (Å²) < 4.78 is 0. The Morgan fingerprint density at radius 2 is 2.00 bits per heavy atom. The van der Waals surface area contributed by atoms with Gasteiger partial charge in [0.25, 0.3) is 0 Å². The van der Waals surface area contributed by atoms with E-state index in [0.29, 0.717) is 6.54 Å². The average Bonchev–Trinajstić information content (AvgIpc) is 2.45. The van der Waals surface area contributed by atoms with E-state index in [-0.39, 0.29) is 5.91 Å². The van der Waals surface area contributed by atoms with E-state index in [0.717, 1.165) is 38.2 Å². The van der Waals surface area contributed by atoms with Gasteiger partial charge in [-0.05, 0) is 17.5 Å². The minimum absolute atomic E-state index is 0.371. The second kappa shape index (κ2) is 6.86. The number of nitrogens with one attached hydrogen (secondary N) is 1. The highest BCUT2D eigenvalue weighted by atomic mass is 16.4. The van der Waals surface area contributed by atoms with E-state index in [1.807, 2.05) is 6.07 Å². The van der Waals surface area contributed by atoms with Crippen LogP contribution in [0.2, 0.25) is 0 Å². The zero-order valence-corrected chi connectivity index (χ0v) is 11.2. The molecular weight excluding hydrogens is 256 g/mol. The lowest BCUT2D eigenvalue weighted by molar-refractivity contribution is -0.131. The van der Waals surface area contributed by atoms with Gasteiger partial charge in [-0.1, -0.05) is 24.3 Å². The van der Waals surface area contributed by atoms with Crippen molar-refractivity contribution in [1.29, 1.82) is 0 Å². The molecule has 5 nitrogen and oxygen atoms in total. The lowest BCUT2D eigenvalue weighted by Gasteiger charge is -2.28. The van der Waals surface area contributed by atoms with E-state index < -0.39 is 5.97 Å². The quantitative estimate of drug-likeness (QED) is 0.779. The second-order valence-corrected chi connectivity index (χ2v) is 4.76. The van der Waals surface area contributed by atoms with Crippen LogP contribution >= 0.6 is 0 Å². The smallest absolute Gasteiger partial charge is 0.328 e. The van der Waals surface area contributed by atoms with E-state index in [9.17, 15) is 9.59 Å². The molecule has 0 spiro atoms. The Bertz CT molecular complexity index is 526. The molecule has 2 N–H and O–H groups in total. The first-order chi connectivity index (χ1) is 9.65. The molecule has 0 bridgehead atoms. The van der Waals surface area contributed by atoms with Gasteiger partial charge >= 0.3 is 5.97 Å². The standard InChI is InChI=1S/C15H18N2O3/c18-14(5-6-15(19)20)16-8-10-17-9-7-12-3-1-2-4-13(12)11-17/h1-6H,7-11H2,(H,16,18)(H,19,20)/b6-5-. The molecule has 0 saturated heterocycles. The van der Waals surface area contributed by atoms with Gasteiger partial charge in [0.15, 0.2) is 0 Å². The zero-order chi connectivity index (χ0) is 14.4. The number of amides is 1. The minimum atomic E-state index is -1.12. The molecule has 0 atom stereocenters. The lowest BCUT2D eigenvalue weighted by atomic mass is 10.00. The highest BCUT2D eigenvalue weighted by molar-refractivity contribution is 5.93. The molecule has 0 unspecified atom stereocenters. The molecule has 1 aliphatic heterocycles. The van der Waals surface area contributed by atoms with Crippen LogP contribution in [0.5, 0.6) is 0 Å². The Hall–Kier alpha value is -2.14. The summed E-state index contributed by atoms with van der Waals surface area (Å²) in [6.45, 7) is 3.17. The van der Waals surface area contributed by atoms with Crippen LogP contribution in [-0.4, -0.2) is 41.5 Å². The number of hydrogen-bond donors (Lipinski definition) is 2. The Morgan fingerprint density at radius 1 is 1.25 bits per heavy atom. The lowest BCUT2D eigenvalue weighted by Crippen LogP contribution is -2.37. The first-order valence-corrected chi connectivity index (χ1v) is 6.63. The molecule has 1 aromatic carbocycles. The molecule has 0 saturated carbocycles. The van der Waals surface area contributed by atoms with Crippen molar-refractivity contribution in [2.75, 3.05) is 19.6 Å². The average molecular weight is 274 g/mol. The molecule has 0 radical (unpaired) electrons. The van der Waals surface area contributed by atoms with Crippen molar-refractivity contribution in [3.63, 3.8) is 0 Å². The SMILES string of the molecule is O=C(O)/C=C\C(=O)NCCN1CCc2ccccc2C1. The summed E-state index contributed by atoms with van der Waals surface area (Å²) in [5.74, 6) is -1.49. The van der Waals surface area contributed by atoms with Gasteiger partial charge in [0.1, 0.15) is 0 Å². The normalized spacial score (nSPS) is 15.0. The maximum Gasteiger partial charge on any atom is 0.328 e. The number of carbonyl (C=O) groups is 2. The van der Waals surface area contributed by atoms with Crippen LogP contribution in [0.1, 0.15) is 11.1 Å². The number of nitrogens with zero attached hydrogens (tertiary/aromatic N) is 1. The summed E-state index contributed by atoms with van der Waals surface area (Å²) in [6.07, 6.45) is 2.91. The minimum Gasteiger partial charge on any atom is -0.478 e. The van der Waals surface area contributed by atoms with Crippen LogP contribution in [0.3, 0.4) is 0 Å². The molecule has 0 aliphatic carbocycles. The number of fused-ring (bicyclic) bond motifs is 1. The van der Waals surface area contributed by atoms with Crippen LogP contribution in [0.25, 0.3) is 0 Å². The van der Waals surface area contributed by atoms with Gasteiger partial charge < -0.3 is 10.4 Å². The van der Waals surface area contributed by atoms with Gasteiger partial charge in [-0.25, -0.2) is 4.79 Å². The van der Waals surface area contributed by atoms with E-state index in [1.54, 1.807) is 0 Å². The molecule has 1 amide bonds. The summed E-state index contributed by atoms with van der Waals surface area (Å²) in [5.41, 5.74) is 2.74. The summed E-state index contributed by atoms with van der Waals surface area (Å²) >= 11 is 0. The molecule has 1 aromatic rings. The highest BCUT2D eigenvalue weighted by Gasteiger charge is 2.14. The Morgan fingerprint density at radius 3 is 2.75 bits per heavy atom. The molecule has 2 rings (SSSR count). The first kappa shape index (κ1) is 14.3. The zero-order valence-electron chi connectivity index (χ0n) is 11.2. The van der Waals surface area contributed by atoms with E-state index >= 15 is 0 Å². The van der Waals surface area contributed by atoms with Crippen LogP contribution < -0.4 is 5.32 Å². The largest absolute Gasteiger partial charge is 0.478 e. The fourth-order valence-corrected chi connectivity index (χ4v) is 2.29. The predicted molar refractivity (Wildman–Crippen MR) is 75.2 cm³/mol. The van der Waals surface area contributed by atoms with Gasteiger partial charge in [0, 0.05) is 38.3 Å². The molecule has 1 aliphatic rings. The van der Waals surface area contributed by atoms with Crippen LogP contribution in [0.4, 0.5) is 0 Å². The summed E-state index contributed by atoms with van der Waals surface area (Å²) in [6, 6.07) is 8.39. The summed E-state index contributed by atoms with van der Waals surface area (Å²) in [7, 11) is 0. The number of hydrogen-bond acceptors (Lipinski definition) is 3. The van der Waals surface area contributed by atoms with Crippen LogP contribution in [0.15, 0.2) is 36.4 Å². The van der Waals surface area contributed by atoms with E-state index in [4.69, 9.17) is 5.11 Å². The van der Waals surface area contributed by atoms with Crippen molar-refractivity contribution in [1.82, 2.24) is 10.2 Å². The Labute approximate surface area is 117 Å². The fourth-order valence-electron chi connectivity index (χ4n) is 2.29.